The molecule has 3 aliphatic carbocycles. The van der Waals surface area contributed by atoms with Crippen LogP contribution in [0.3, 0.4) is 0 Å². The Labute approximate surface area is 269 Å². The van der Waals surface area contributed by atoms with Gasteiger partial charge in [-0.3, -0.25) is 9.69 Å². The molecular formula is C33H37F3N8OS. The molecule has 4 aliphatic rings. The highest BCUT2D eigenvalue weighted by Gasteiger charge is 2.68. The van der Waals surface area contributed by atoms with Crippen molar-refractivity contribution in [2.24, 2.45) is 11.1 Å². The Bertz CT molecular complexity index is 1840. The number of piperidine rings is 1. The van der Waals surface area contributed by atoms with E-state index in [0.29, 0.717) is 21.7 Å². The zero-order valence-corrected chi connectivity index (χ0v) is 26.7. The highest BCUT2D eigenvalue weighted by molar-refractivity contribution is 7.18. The number of hydrogen-bond acceptors (Lipinski definition) is 8. The molecule has 4 fully saturated rings. The van der Waals surface area contributed by atoms with Gasteiger partial charge in [0.2, 0.25) is 5.91 Å². The number of nitrogens with zero attached hydrogens (tertiary/aromatic N) is 5. The molecule has 2 bridgehead atoms. The van der Waals surface area contributed by atoms with E-state index in [1.54, 1.807) is 13.0 Å². The summed E-state index contributed by atoms with van der Waals surface area (Å²) in [7, 11) is 0. The molecule has 4 heterocycles. The highest BCUT2D eigenvalue weighted by atomic mass is 32.1. The van der Waals surface area contributed by atoms with Crippen LogP contribution in [0.1, 0.15) is 60.7 Å². The number of nitrogens with two attached hydrogens (primary N) is 1. The van der Waals surface area contributed by atoms with Gasteiger partial charge in [-0.25, -0.2) is 9.97 Å². The zero-order chi connectivity index (χ0) is 32.4. The number of nitriles is 1. The normalized spacial score (nSPS) is 23.9. The molecule has 8 rings (SSSR count). The van der Waals surface area contributed by atoms with E-state index in [9.17, 15) is 23.2 Å². The van der Waals surface area contributed by atoms with Gasteiger partial charge in [0.1, 0.15) is 28.7 Å². The van der Waals surface area contributed by atoms with E-state index >= 15 is 0 Å². The van der Waals surface area contributed by atoms with Crippen LogP contribution in [0, 0.1) is 23.7 Å². The third-order valence-corrected chi connectivity index (χ3v) is 11.1. The number of anilines is 1. The molecule has 3 saturated carbocycles. The Morgan fingerprint density at radius 1 is 1.20 bits per heavy atom. The van der Waals surface area contributed by atoms with E-state index in [1.165, 1.54) is 17.5 Å². The maximum Gasteiger partial charge on any atom is 0.393 e. The number of carbonyl (C=O) groups is 1. The third-order valence-electron chi connectivity index (χ3n) is 10.1. The number of thiophene rings is 1. The van der Waals surface area contributed by atoms with Gasteiger partial charge in [-0.05, 0) is 80.7 Å². The molecule has 13 heteroatoms. The molecular weight excluding hydrogens is 613 g/mol. The summed E-state index contributed by atoms with van der Waals surface area (Å²) in [6.45, 7) is 7.15. The fourth-order valence-electron chi connectivity index (χ4n) is 7.94. The number of carbonyl (C=O) groups excluding carboxylic acids is 1. The Kier molecular flexibility index (Phi) is 7.53. The van der Waals surface area contributed by atoms with E-state index < -0.39 is 18.6 Å². The monoisotopic (exact) mass is 650 g/mol. The second-order valence-corrected chi connectivity index (χ2v) is 14.9. The lowest BCUT2D eigenvalue weighted by Gasteiger charge is -2.71. The first kappa shape index (κ1) is 30.9. The van der Waals surface area contributed by atoms with Crippen molar-refractivity contribution < 1.29 is 18.0 Å². The number of fused-ring (bicyclic) bond motifs is 2. The van der Waals surface area contributed by atoms with Gasteiger partial charge in [-0.15, -0.1) is 11.3 Å². The fraction of sp³-hybridized carbons (Fsp3) is 0.515. The number of hydrogen-bond donors (Lipinski definition) is 3. The molecule has 1 atom stereocenters. The number of likely N-dealkylation sites (tertiary alicyclic amines) is 1. The van der Waals surface area contributed by atoms with Gasteiger partial charge in [0.25, 0.3) is 0 Å². The lowest BCUT2D eigenvalue weighted by molar-refractivity contribution is -0.172. The number of aromatic nitrogens is 3. The van der Waals surface area contributed by atoms with Crippen LogP contribution in [0.5, 0.6) is 0 Å². The van der Waals surface area contributed by atoms with Gasteiger partial charge in [0, 0.05) is 53.5 Å². The average Bonchev–Trinajstić information content (AvgIpc) is 3.53. The van der Waals surface area contributed by atoms with Crippen molar-refractivity contribution in [2.45, 2.75) is 89.3 Å². The molecule has 1 aliphatic heterocycles. The molecule has 46 heavy (non-hydrogen) atoms. The Morgan fingerprint density at radius 3 is 2.61 bits per heavy atom. The van der Waals surface area contributed by atoms with Crippen molar-refractivity contribution in [3.05, 3.63) is 52.3 Å². The van der Waals surface area contributed by atoms with Crippen molar-refractivity contribution in [2.75, 3.05) is 18.4 Å². The Morgan fingerprint density at radius 2 is 1.93 bits per heavy atom. The van der Waals surface area contributed by atoms with Gasteiger partial charge >= 0.3 is 6.18 Å². The van der Waals surface area contributed by atoms with Gasteiger partial charge < -0.3 is 20.9 Å². The molecule has 1 unspecified atom stereocenters. The predicted molar refractivity (Wildman–Crippen MR) is 171 cm³/mol. The summed E-state index contributed by atoms with van der Waals surface area (Å²) in [5.74, 6) is 0.490. The number of amides is 1. The summed E-state index contributed by atoms with van der Waals surface area (Å²) in [4.78, 5) is 23.9. The maximum atomic E-state index is 12.9. The number of aryl methyl sites for hydroxylation is 1. The first-order valence-corrected chi connectivity index (χ1v) is 16.6. The van der Waals surface area contributed by atoms with E-state index in [-0.39, 0.29) is 27.8 Å². The molecule has 1 amide bonds. The highest BCUT2D eigenvalue weighted by Crippen LogP contribution is 2.68. The summed E-state index contributed by atoms with van der Waals surface area (Å²) in [6, 6.07) is 9.94. The number of halogens is 3. The van der Waals surface area contributed by atoms with Crippen molar-refractivity contribution >= 4 is 44.2 Å². The fourth-order valence-corrected chi connectivity index (χ4v) is 8.97. The number of benzene rings is 1. The minimum Gasteiger partial charge on any atom is -0.367 e. The minimum atomic E-state index is -4.26. The standard InChI is InChI=1S/C33H37F3N8OS/c1-19-21(3-4-27-25(19)9-23(12-37)44(27)17-31-14-32(15-31,16-31)42-29(45)20(2)38)13-43-7-5-22(6-8-43)41-28-26-10-24(11-33(34,35)36)46-30(26)40-18-39-28/h3-4,9-10,18,20,22H,5-8,11,13-17,38H2,1-2H3,(H,42,45)(H,39,40,41). The molecule has 4 N–H and O–H groups in total. The van der Waals surface area contributed by atoms with Crippen LogP contribution in [-0.2, 0) is 24.3 Å². The third kappa shape index (κ3) is 5.71. The van der Waals surface area contributed by atoms with Gasteiger partial charge in [0.05, 0.1) is 17.8 Å². The molecule has 0 spiro atoms. The van der Waals surface area contributed by atoms with Crippen LogP contribution in [0.25, 0.3) is 21.1 Å². The lowest BCUT2D eigenvalue weighted by Crippen LogP contribution is -2.76. The summed E-state index contributed by atoms with van der Waals surface area (Å²) in [6.07, 6.45) is 0.705. The Hall–Kier alpha value is -3.73. The van der Waals surface area contributed by atoms with Crippen LogP contribution in [0.4, 0.5) is 19.0 Å². The number of nitrogens with one attached hydrogen (secondary N) is 2. The zero-order valence-electron chi connectivity index (χ0n) is 25.9. The molecule has 242 valence electrons. The van der Waals surface area contributed by atoms with Crippen LogP contribution in [0.2, 0.25) is 0 Å². The number of rotatable bonds is 9. The van der Waals surface area contributed by atoms with Crippen molar-refractivity contribution in [3.63, 3.8) is 0 Å². The topological polar surface area (TPSA) is 125 Å². The summed E-state index contributed by atoms with van der Waals surface area (Å²) >= 11 is 1.06. The summed E-state index contributed by atoms with van der Waals surface area (Å²) in [5.41, 5.74) is 9.88. The van der Waals surface area contributed by atoms with Crippen molar-refractivity contribution in [1.82, 2.24) is 24.8 Å². The first-order valence-electron chi connectivity index (χ1n) is 15.7. The summed E-state index contributed by atoms with van der Waals surface area (Å²) in [5, 5.41) is 18.3. The lowest BCUT2D eigenvalue weighted by atomic mass is 9.39. The average molecular weight is 651 g/mol. The largest absolute Gasteiger partial charge is 0.393 e. The smallest absolute Gasteiger partial charge is 0.367 e. The number of alkyl halides is 3. The SMILES string of the molecule is Cc1c(CN2CCC(Nc3ncnc4sc(CC(F)(F)F)cc34)CC2)ccc2c1cc(C#N)n2CC12CC(NC(=O)C(C)N)(C1)C2. The van der Waals surface area contributed by atoms with Gasteiger partial charge in [-0.2, -0.15) is 18.4 Å². The van der Waals surface area contributed by atoms with Crippen LogP contribution in [-0.4, -0.2) is 62.2 Å². The molecule has 9 nitrogen and oxygen atoms in total. The molecule has 3 aromatic heterocycles. The first-order chi connectivity index (χ1) is 21.8. The molecule has 4 aromatic rings. The van der Waals surface area contributed by atoms with Crippen molar-refractivity contribution in [1.29, 1.82) is 5.26 Å². The second kappa shape index (κ2) is 11.2. The molecule has 1 aromatic carbocycles. The molecule has 0 radical (unpaired) electrons. The van der Waals surface area contributed by atoms with Crippen molar-refractivity contribution in [3.8, 4) is 6.07 Å². The quantitative estimate of drug-likeness (QED) is 0.222. The van der Waals surface area contributed by atoms with Crippen LogP contribution in [0.15, 0.2) is 30.6 Å². The van der Waals surface area contributed by atoms with Gasteiger partial charge in [-0.1, -0.05) is 6.07 Å². The van der Waals surface area contributed by atoms with E-state index in [1.807, 2.05) is 6.07 Å². The van der Waals surface area contributed by atoms with E-state index in [0.717, 1.165) is 80.5 Å². The van der Waals surface area contributed by atoms with E-state index in [2.05, 4.69) is 55.2 Å². The summed E-state index contributed by atoms with van der Waals surface area (Å²) < 4.78 is 41.0. The van der Waals surface area contributed by atoms with E-state index in [4.69, 9.17) is 5.73 Å². The maximum absolute atomic E-state index is 12.9. The van der Waals surface area contributed by atoms with Gasteiger partial charge in [0.15, 0.2) is 0 Å². The van der Waals surface area contributed by atoms with Crippen LogP contribution < -0.4 is 16.4 Å². The minimum absolute atomic E-state index is 0.104. The van der Waals surface area contributed by atoms with Crippen LogP contribution >= 0.6 is 11.3 Å². The second-order valence-electron chi connectivity index (χ2n) is 13.7. The Balaban J connectivity index is 0.984. The predicted octanol–water partition coefficient (Wildman–Crippen LogP) is 5.39. The molecule has 1 saturated heterocycles.